The van der Waals surface area contributed by atoms with E-state index < -0.39 is 9.84 Å². The van der Waals surface area contributed by atoms with E-state index in [0.717, 1.165) is 37.5 Å². The van der Waals surface area contributed by atoms with Gasteiger partial charge in [-0.25, -0.2) is 8.42 Å². The SMILES string of the molecule is CS(=O)(=O)C1CCCC(C(NN)C2CC3CC3C2)C1. The number of fused-ring (bicyclic) bond motifs is 1. The highest BCUT2D eigenvalue weighted by molar-refractivity contribution is 7.91. The van der Waals surface area contributed by atoms with Crippen LogP contribution in [0, 0.1) is 23.7 Å². The Labute approximate surface area is 116 Å². The minimum atomic E-state index is -2.89. The third-order valence-electron chi connectivity index (χ3n) is 5.76. The molecule has 3 N–H and O–H groups in total. The highest BCUT2D eigenvalue weighted by atomic mass is 32.2. The number of sulfone groups is 1. The number of rotatable bonds is 4. The summed E-state index contributed by atoms with van der Waals surface area (Å²) in [5, 5.41) is -0.141. The van der Waals surface area contributed by atoms with Crippen LogP contribution in [0.1, 0.15) is 44.9 Å². The van der Waals surface area contributed by atoms with Crippen molar-refractivity contribution in [2.45, 2.75) is 56.2 Å². The maximum absolute atomic E-state index is 11.8. The van der Waals surface area contributed by atoms with E-state index in [1.54, 1.807) is 0 Å². The Bertz CT molecular complexity index is 427. The van der Waals surface area contributed by atoms with Gasteiger partial charge in [0.2, 0.25) is 0 Å². The Kier molecular flexibility index (Phi) is 3.65. The number of hydrazine groups is 1. The topological polar surface area (TPSA) is 72.2 Å². The summed E-state index contributed by atoms with van der Waals surface area (Å²) < 4.78 is 23.5. The highest BCUT2D eigenvalue weighted by Crippen LogP contribution is 2.56. The van der Waals surface area contributed by atoms with Gasteiger partial charge in [0, 0.05) is 12.3 Å². The highest BCUT2D eigenvalue weighted by Gasteiger charge is 2.49. The van der Waals surface area contributed by atoms with Crippen LogP contribution in [0.2, 0.25) is 0 Å². The van der Waals surface area contributed by atoms with Crippen molar-refractivity contribution in [2.75, 3.05) is 6.26 Å². The number of hydrogen-bond acceptors (Lipinski definition) is 4. The first-order chi connectivity index (χ1) is 8.99. The van der Waals surface area contributed by atoms with Crippen LogP contribution >= 0.6 is 0 Å². The summed E-state index contributed by atoms with van der Waals surface area (Å²) in [5.74, 6) is 8.83. The number of nitrogens with one attached hydrogen (secondary N) is 1. The largest absolute Gasteiger partial charge is 0.271 e. The van der Waals surface area contributed by atoms with Crippen LogP contribution in [0.5, 0.6) is 0 Å². The van der Waals surface area contributed by atoms with E-state index in [-0.39, 0.29) is 5.25 Å². The van der Waals surface area contributed by atoms with Crippen LogP contribution in [-0.2, 0) is 9.84 Å². The summed E-state index contributed by atoms with van der Waals surface area (Å²) in [7, 11) is -2.89. The van der Waals surface area contributed by atoms with Crippen LogP contribution in [-0.4, -0.2) is 26.0 Å². The van der Waals surface area contributed by atoms with Crippen molar-refractivity contribution in [2.24, 2.45) is 29.5 Å². The Morgan fingerprint density at radius 1 is 1.05 bits per heavy atom. The molecule has 3 aliphatic carbocycles. The van der Waals surface area contributed by atoms with Gasteiger partial charge in [-0.1, -0.05) is 6.42 Å². The minimum Gasteiger partial charge on any atom is -0.271 e. The average Bonchev–Trinajstić information content (AvgIpc) is 2.97. The first-order valence-electron chi connectivity index (χ1n) is 7.64. The Morgan fingerprint density at radius 3 is 2.32 bits per heavy atom. The number of hydrogen-bond donors (Lipinski definition) is 2. The third kappa shape index (κ3) is 2.83. The summed E-state index contributed by atoms with van der Waals surface area (Å²) in [5.41, 5.74) is 3.03. The quantitative estimate of drug-likeness (QED) is 0.606. The van der Waals surface area contributed by atoms with Crippen LogP contribution in [0.4, 0.5) is 0 Å². The molecule has 0 heterocycles. The molecule has 0 radical (unpaired) electrons. The van der Waals surface area contributed by atoms with Crippen LogP contribution in [0.15, 0.2) is 0 Å². The lowest BCUT2D eigenvalue weighted by Gasteiger charge is -2.37. The lowest BCUT2D eigenvalue weighted by Crippen LogP contribution is -2.48. The zero-order chi connectivity index (χ0) is 13.6. The number of nitrogens with two attached hydrogens (primary N) is 1. The molecule has 4 nitrogen and oxygen atoms in total. The molecule has 0 amide bonds. The summed E-state index contributed by atoms with van der Waals surface area (Å²) in [6.45, 7) is 0. The molecular formula is C14H26N2O2S. The average molecular weight is 286 g/mol. The maximum Gasteiger partial charge on any atom is 0.150 e. The zero-order valence-electron chi connectivity index (χ0n) is 11.7. The minimum absolute atomic E-state index is 0.141. The first-order valence-corrected chi connectivity index (χ1v) is 9.59. The smallest absolute Gasteiger partial charge is 0.150 e. The lowest BCUT2D eigenvalue weighted by molar-refractivity contribution is 0.201. The predicted octanol–water partition coefficient (Wildman–Crippen LogP) is 1.47. The van der Waals surface area contributed by atoms with E-state index in [4.69, 9.17) is 5.84 Å². The van der Waals surface area contributed by atoms with E-state index in [1.165, 1.54) is 25.5 Å². The van der Waals surface area contributed by atoms with Crippen LogP contribution in [0.25, 0.3) is 0 Å². The molecule has 0 spiro atoms. The molecule has 5 unspecified atom stereocenters. The Morgan fingerprint density at radius 2 is 1.74 bits per heavy atom. The second-order valence-corrected chi connectivity index (χ2v) is 9.38. The first kappa shape index (κ1) is 13.8. The molecule has 110 valence electrons. The summed E-state index contributed by atoms with van der Waals surface area (Å²) >= 11 is 0. The predicted molar refractivity (Wildman–Crippen MR) is 76.0 cm³/mol. The molecule has 5 atom stereocenters. The fraction of sp³-hybridized carbons (Fsp3) is 1.00. The van der Waals surface area contributed by atoms with Gasteiger partial charge in [0.15, 0.2) is 0 Å². The molecule has 0 bridgehead atoms. The van der Waals surface area contributed by atoms with Gasteiger partial charge in [0.05, 0.1) is 5.25 Å². The zero-order valence-corrected chi connectivity index (χ0v) is 12.5. The summed E-state index contributed by atoms with van der Waals surface area (Å²) in [6, 6.07) is 0.331. The molecule has 3 fully saturated rings. The molecule has 0 aromatic rings. The van der Waals surface area contributed by atoms with Crippen LogP contribution in [0.3, 0.4) is 0 Å². The third-order valence-corrected chi connectivity index (χ3v) is 7.40. The molecule has 3 rings (SSSR count). The summed E-state index contributed by atoms with van der Waals surface area (Å²) in [6.07, 6.45) is 9.22. The van der Waals surface area contributed by atoms with Crippen molar-refractivity contribution in [1.82, 2.24) is 5.43 Å². The summed E-state index contributed by atoms with van der Waals surface area (Å²) in [4.78, 5) is 0. The second kappa shape index (κ2) is 5.01. The van der Waals surface area contributed by atoms with Gasteiger partial charge < -0.3 is 0 Å². The Hall–Kier alpha value is -0.130. The van der Waals surface area contributed by atoms with Gasteiger partial charge in [-0.15, -0.1) is 0 Å². The molecular weight excluding hydrogens is 260 g/mol. The molecule has 5 heteroatoms. The van der Waals surface area contributed by atoms with E-state index in [0.29, 0.717) is 17.9 Å². The van der Waals surface area contributed by atoms with Crippen molar-refractivity contribution >= 4 is 9.84 Å². The van der Waals surface area contributed by atoms with Crippen molar-refractivity contribution in [3.05, 3.63) is 0 Å². The van der Waals surface area contributed by atoms with Crippen LogP contribution < -0.4 is 11.3 Å². The second-order valence-electron chi connectivity index (χ2n) is 7.06. The fourth-order valence-electron chi connectivity index (χ4n) is 4.61. The fourth-order valence-corrected chi connectivity index (χ4v) is 5.80. The van der Waals surface area contributed by atoms with Crippen molar-refractivity contribution in [3.63, 3.8) is 0 Å². The monoisotopic (exact) mass is 286 g/mol. The molecule has 3 saturated carbocycles. The van der Waals surface area contributed by atoms with Gasteiger partial charge in [-0.3, -0.25) is 11.3 Å². The standard InChI is InChI=1S/C14H26N2O2S/c1-19(17,18)13-4-2-3-9(8-13)14(16-15)12-6-10-5-11(10)7-12/h9-14,16H,2-8,15H2,1H3. The molecule has 0 aliphatic heterocycles. The van der Waals surface area contributed by atoms with Crippen molar-refractivity contribution < 1.29 is 8.42 Å². The molecule has 19 heavy (non-hydrogen) atoms. The van der Waals surface area contributed by atoms with E-state index in [2.05, 4.69) is 5.43 Å². The normalized spacial score (nSPS) is 43.8. The van der Waals surface area contributed by atoms with Gasteiger partial charge in [-0.2, -0.15) is 0 Å². The van der Waals surface area contributed by atoms with Gasteiger partial charge in [0.1, 0.15) is 9.84 Å². The Balaban J connectivity index is 1.65. The maximum atomic E-state index is 11.8. The molecule has 0 aromatic carbocycles. The van der Waals surface area contributed by atoms with Gasteiger partial charge >= 0.3 is 0 Å². The van der Waals surface area contributed by atoms with E-state index in [1.807, 2.05) is 0 Å². The molecule has 0 saturated heterocycles. The molecule has 3 aliphatic rings. The van der Waals surface area contributed by atoms with E-state index >= 15 is 0 Å². The van der Waals surface area contributed by atoms with Gasteiger partial charge in [-0.05, 0) is 62.2 Å². The van der Waals surface area contributed by atoms with Crippen molar-refractivity contribution in [1.29, 1.82) is 0 Å². The lowest BCUT2D eigenvalue weighted by atomic mass is 9.77. The molecule has 0 aromatic heterocycles. The van der Waals surface area contributed by atoms with Gasteiger partial charge in [0.25, 0.3) is 0 Å². The van der Waals surface area contributed by atoms with E-state index in [9.17, 15) is 8.42 Å². The van der Waals surface area contributed by atoms with Crippen molar-refractivity contribution in [3.8, 4) is 0 Å².